The molecule has 0 spiro atoms. The van der Waals surface area contributed by atoms with Crippen LogP contribution in [0.1, 0.15) is 5.56 Å². The van der Waals surface area contributed by atoms with Crippen molar-refractivity contribution in [3.8, 4) is 5.75 Å². The molecule has 0 aliphatic carbocycles. The fraction of sp³-hybridized carbons (Fsp3) is 0.200. The van der Waals surface area contributed by atoms with Crippen LogP contribution < -0.4 is 10.5 Å². The summed E-state index contributed by atoms with van der Waals surface area (Å²) in [6, 6.07) is 2.08. The van der Waals surface area contributed by atoms with E-state index in [1.165, 1.54) is 19.5 Å². The fourth-order valence-corrected chi connectivity index (χ4v) is 1.49. The molecule has 0 bridgehead atoms. The van der Waals surface area contributed by atoms with Crippen molar-refractivity contribution >= 4 is 16.7 Å². The molecule has 90 valence electrons. The minimum absolute atomic E-state index is 0.00292. The van der Waals surface area contributed by atoms with Gasteiger partial charge in [-0.15, -0.1) is 0 Å². The summed E-state index contributed by atoms with van der Waals surface area (Å²) in [5.41, 5.74) is 4.91. The maximum Gasteiger partial charge on any atom is 0.419 e. The monoisotopic (exact) mass is 243 g/mol. The largest absolute Gasteiger partial charge is 0.496 e. The molecule has 0 atom stereocenters. The Kier molecular flexibility index (Phi) is 2.53. The summed E-state index contributed by atoms with van der Waals surface area (Å²) < 4.78 is 42.9. The first-order valence-corrected chi connectivity index (χ1v) is 4.59. The van der Waals surface area contributed by atoms with Crippen LogP contribution in [0.5, 0.6) is 5.75 Å². The van der Waals surface area contributed by atoms with Gasteiger partial charge in [-0.2, -0.15) is 13.2 Å². The molecular weight excluding hydrogens is 235 g/mol. The molecule has 0 fully saturated rings. The molecule has 2 aromatic rings. The molecule has 2 rings (SSSR count). The topological polar surface area (TPSA) is 61.0 Å². The zero-order valence-corrected chi connectivity index (χ0v) is 8.75. The molecule has 4 nitrogen and oxygen atoms in total. The first-order valence-electron chi connectivity index (χ1n) is 4.59. The lowest BCUT2D eigenvalue weighted by Gasteiger charge is -2.13. The Morgan fingerprint density at radius 1 is 1.24 bits per heavy atom. The van der Waals surface area contributed by atoms with E-state index in [0.717, 1.165) is 6.07 Å². The van der Waals surface area contributed by atoms with Crippen LogP contribution in [0.25, 0.3) is 10.9 Å². The van der Waals surface area contributed by atoms with E-state index in [1.807, 2.05) is 0 Å². The maximum absolute atomic E-state index is 12.7. The van der Waals surface area contributed by atoms with Gasteiger partial charge in [0.05, 0.1) is 18.2 Å². The lowest BCUT2D eigenvalue weighted by molar-refractivity contribution is -0.138. The molecule has 7 heteroatoms. The molecule has 1 heterocycles. The number of anilines is 1. The van der Waals surface area contributed by atoms with Gasteiger partial charge in [0.1, 0.15) is 17.9 Å². The van der Waals surface area contributed by atoms with Crippen molar-refractivity contribution in [1.82, 2.24) is 9.97 Å². The predicted molar refractivity (Wildman–Crippen MR) is 55.5 cm³/mol. The summed E-state index contributed by atoms with van der Waals surface area (Å²) in [5, 5.41) is 0.153. The Labute approximate surface area is 94.2 Å². The third-order valence-electron chi connectivity index (χ3n) is 2.29. The molecule has 17 heavy (non-hydrogen) atoms. The predicted octanol–water partition coefficient (Wildman–Crippen LogP) is 2.24. The van der Waals surface area contributed by atoms with Gasteiger partial charge in [0, 0.05) is 11.5 Å². The number of methoxy groups -OCH3 is 1. The minimum atomic E-state index is -4.51. The number of alkyl halides is 3. The van der Waals surface area contributed by atoms with Crippen LogP contribution in [0, 0.1) is 0 Å². The summed E-state index contributed by atoms with van der Waals surface area (Å²) in [6.45, 7) is 0. The van der Waals surface area contributed by atoms with E-state index in [2.05, 4.69) is 9.97 Å². The molecule has 1 aromatic carbocycles. The zero-order valence-electron chi connectivity index (χ0n) is 8.75. The van der Waals surface area contributed by atoms with Gasteiger partial charge in [0.2, 0.25) is 0 Å². The van der Waals surface area contributed by atoms with Crippen LogP contribution >= 0.6 is 0 Å². The van der Waals surface area contributed by atoms with Crippen LogP contribution in [0.3, 0.4) is 0 Å². The first-order chi connectivity index (χ1) is 7.93. The van der Waals surface area contributed by atoms with E-state index >= 15 is 0 Å². The molecule has 0 aliphatic heterocycles. The number of halogens is 3. The number of hydrogen-bond acceptors (Lipinski definition) is 4. The fourth-order valence-electron chi connectivity index (χ4n) is 1.49. The second-order valence-corrected chi connectivity index (χ2v) is 3.33. The van der Waals surface area contributed by atoms with Crippen LogP contribution in [-0.2, 0) is 6.18 Å². The summed E-state index contributed by atoms with van der Waals surface area (Å²) in [6.07, 6.45) is -3.33. The molecule has 0 saturated heterocycles. The summed E-state index contributed by atoms with van der Waals surface area (Å²) >= 11 is 0. The van der Waals surface area contributed by atoms with E-state index in [4.69, 9.17) is 10.5 Å². The highest BCUT2D eigenvalue weighted by Crippen LogP contribution is 2.38. The highest BCUT2D eigenvalue weighted by atomic mass is 19.4. The smallest absolute Gasteiger partial charge is 0.419 e. The Hall–Kier alpha value is -2.05. The zero-order chi connectivity index (χ0) is 12.6. The van der Waals surface area contributed by atoms with Crippen molar-refractivity contribution in [1.29, 1.82) is 0 Å². The average Bonchev–Trinajstić information content (AvgIpc) is 2.26. The van der Waals surface area contributed by atoms with Gasteiger partial charge >= 0.3 is 6.18 Å². The minimum Gasteiger partial charge on any atom is -0.496 e. The van der Waals surface area contributed by atoms with E-state index in [0.29, 0.717) is 5.52 Å². The SMILES string of the molecule is COc1cc2ncnc(N)c2cc1C(F)(F)F. The lowest BCUT2D eigenvalue weighted by atomic mass is 10.1. The van der Waals surface area contributed by atoms with Gasteiger partial charge in [-0.25, -0.2) is 9.97 Å². The third-order valence-corrected chi connectivity index (χ3v) is 2.29. The Morgan fingerprint density at radius 3 is 2.53 bits per heavy atom. The number of benzene rings is 1. The van der Waals surface area contributed by atoms with Crippen molar-refractivity contribution in [2.45, 2.75) is 6.18 Å². The molecule has 0 saturated carbocycles. The summed E-state index contributed by atoms with van der Waals surface area (Å²) in [5.74, 6) is -0.286. The summed E-state index contributed by atoms with van der Waals surface area (Å²) in [7, 11) is 1.17. The number of rotatable bonds is 1. The highest BCUT2D eigenvalue weighted by Gasteiger charge is 2.35. The van der Waals surface area contributed by atoms with Gasteiger partial charge in [-0.1, -0.05) is 0 Å². The molecule has 0 aliphatic rings. The van der Waals surface area contributed by atoms with E-state index in [9.17, 15) is 13.2 Å². The number of nitrogens with zero attached hydrogens (tertiary/aromatic N) is 2. The Bertz CT molecular complexity index is 568. The van der Waals surface area contributed by atoms with Crippen LogP contribution in [0.4, 0.5) is 19.0 Å². The van der Waals surface area contributed by atoms with Crippen LogP contribution in [-0.4, -0.2) is 17.1 Å². The van der Waals surface area contributed by atoms with Crippen molar-refractivity contribution in [2.75, 3.05) is 12.8 Å². The number of ether oxygens (including phenoxy) is 1. The van der Waals surface area contributed by atoms with Crippen molar-refractivity contribution in [3.05, 3.63) is 24.0 Å². The van der Waals surface area contributed by atoms with Gasteiger partial charge in [0.25, 0.3) is 0 Å². The lowest BCUT2D eigenvalue weighted by Crippen LogP contribution is -2.08. The van der Waals surface area contributed by atoms with Crippen molar-refractivity contribution in [2.24, 2.45) is 0 Å². The Morgan fingerprint density at radius 2 is 1.94 bits per heavy atom. The molecule has 0 radical (unpaired) electrons. The second kappa shape index (κ2) is 3.76. The van der Waals surface area contributed by atoms with Gasteiger partial charge in [-0.3, -0.25) is 0 Å². The molecule has 0 unspecified atom stereocenters. The van der Waals surface area contributed by atoms with Gasteiger partial charge in [-0.05, 0) is 6.07 Å². The number of nitrogens with two attached hydrogens (primary N) is 1. The highest BCUT2D eigenvalue weighted by molar-refractivity contribution is 5.89. The number of hydrogen-bond donors (Lipinski definition) is 1. The van der Waals surface area contributed by atoms with E-state index < -0.39 is 11.7 Å². The first kappa shape index (κ1) is 11.4. The van der Waals surface area contributed by atoms with Crippen molar-refractivity contribution < 1.29 is 17.9 Å². The third kappa shape index (κ3) is 1.95. The van der Waals surface area contributed by atoms with Gasteiger partial charge < -0.3 is 10.5 Å². The second-order valence-electron chi connectivity index (χ2n) is 3.33. The molecular formula is C10H8F3N3O. The van der Waals surface area contributed by atoms with E-state index in [1.54, 1.807) is 0 Å². The normalized spacial score (nSPS) is 11.8. The van der Waals surface area contributed by atoms with E-state index in [-0.39, 0.29) is 17.0 Å². The van der Waals surface area contributed by atoms with Crippen molar-refractivity contribution in [3.63, 3.8) is 0 Å². The van der Waals surface area contributed by atoms with Crippen LogP contribution in [0.2, 0.25) is 0 Å². The Balaban J connectivity index is 2.79. The number of fused-ring (bicyclic) bond motifs is 1. The average molecular weight is 243 g/mol. The maximum atomic E-state index is 12.7. The quantitative estimate of drug-likeness (QED) is 0.834. The van der Waals surface area contributed by atoms with Crippen LogP contribution in [0.15, 0.2) is 18.5 Å². The standard InChI is InChI=1S/C10H8F3N3O/c1-17-8-3-7-5(9(14)16-4-15-7)2-6(8)10(11,12)13/h2-4H,1H3,(H2,14,15,16). The number of nitrogen functional groups attached to an aromatic ring is 1. The molecule has 2 N–H and O–H groups in total. The molecule has 0 amide bonds. The summed E-state index contributed by atoms with van der Waals surface area (Å²) in [4.78, 5) is 7.48. The van der Waals surface area contributed by atoms with Gasteiger partial charge in [0.15, 0.2) is 0 Å². The molecule has 1 aromatic heterocycles. The number of aromatic nitrogens is 2.